The fourth-order valence-electron chi connectivity index (χ4n) is 0.524. The van der Waals surface area contributed by atoms with E-state index < -0.39 is 0 Å². The van der Waals surface area contributed by atoms with E-state index in [2.05, 4.69) is 19.7 Å². The van der Waals surface area contributed by atoms with Gasteiger partial charge in [0.1, 0.15) is 6.10 Å². The Morgan fingerprint density at radius 3 is 1.75 bits per heavy atom. The summed E-state index contributed by atoms with van der Waals surface area (Å²) in [6.45, 7) is 4.19. The fourth-order valence-corrected chi connectivity index (χ4v) is 0.524. The van der Waals surface area contributed by atoms with Crippen LogP contribution >= 0.6 is 0 Å². The van der Waals surface area contributed by atoms with E-state index >= 15 is 0 Å². The zero-order valence-corrected chi connectivity index (χ0v) is 6.24. The van der Waals surface area contributed by atoms with Gasteiger partial charge in [-0.15, -0.1) is 0 Å². The maximum Gasteiger partial charge on any atom is 0.116 e. The third kappa shape index (κ3) is 4.37. The Hall–Kier alpha value is 0.210. The Morgan fingerprint density at radius 1 is 1.38 bits per heavy atom. The number of quaternary nitrogens is 1. The molecule has 0 heterocycles. The Morgan fingerprint density at radius 2 is 1.75 bits per heavy atom. The van der Waals surface area contributed by atoms with Gasteiger partial charge in [0.15, 0.2) is 0 Å². The molecule has 0 bridgehead atoms. The molecule has 0 amide bonds. The Bertz CT molecular complexity index is 33.9. The molecule has 0 atom stereocenters. The maximum atomic E-state index is 4.80. The summed E-state index contributed by atoms with van der Waals surface area (Å²) in [5.74, 6) is 3.33. The minimum atomic E-state index is 0. The van der Waals surface area contributed by atoms with Gasteiger partial charge in [-0.3, -0.25) is 0 Å². The van der Waals surface area contributed by atoms with Crippen LogP contribution in [-0.4, -0.2) is 6.10 Å². The summed E-state index contributed by atoms with van der Waals surface area (Å²) < 4.78 is 0. The first kappa shape index (κ1) is 11.1. The highest BCUT2D eigenvalue weighted by molar-refractivity contribution is 4.45. The lowest BCUT2D eigenvalue weighted by Gasteiger charge is -2.02. The molecule has 0 radical (unpaired) electrons. The molecule has 0 aromatic heterocycles. The monoisotopic (exact) mass is 139 g/mol. The van der Waals surface area contributed by atoms with Crippen molar-refractivity contribution in [1.29, 1.82) is 0 Å². The lowest BCUT2D eigenvalue weighted by Crippen LogP contribution is -3.00. The number of halogens is 1. The first-order valence-electron chi connectivity index (χ1n) is 2.76. The second kappa shape index (κ2) is 7.21. The van der Waals surface area contributed by atoms with Crippen molar-refractivity contribution in [2.24, 2.45) is 0 Å². The molecule has 3 N–H and O–H groups in total. The van der Waals surface area contributed by atoms with Crippen molar-refractivity contribution >= 4 is 0 Å². The van der Waals surface area contributed by atoms with Crippen molar-refractivity contribution in [3.8, 4) is 0 Å². The van der Waals surface area contributed by atoms with Crippen LogP contribution in [0.4, 0.5) is 0 Å². The van der Waals surface area contributed by atoms with E-state index in [0.29, 0.717) is 6.10 Å². The molecule has 2 nitrogen and oxygen atoms in total. The summed E-state index contributed by atoms with van der Waals surface area (Å²) in [6, 6.07) is 0. The van der Waals surface area contributed by atoms with Gasteiger partial charge in [-0.05, 0) is 12.8 Å². The standard InChI is InChI=1S/C5H14NO.ClH/c1-3-5(4-2)7-6;/h5H,3-4H2,1-2,6H3;1H/q+1;/p-1. The van der Waals surface area contributed by atoms with Gasteiger partial charge in [0, 0.05) is 0 Å². The third-order valence-corrected chi connectivity index (χ3v) is 1.15. The Kier molecular flexibility index (Phi) is 9.97. The largest absolute Gasteiger partial charge is 1.00 e. The van der Waals surface area contributed by atoms with Gasteiger partial charge < -0.3 is 12.4 Å². The average Bonchev–Trinajstić information content (AvgIpc) is 1.72. The van der Waals surface area contributed by atoms with Crippen molar-refractivity contribution in [2.75, 3.05) is 0 Å². The van der Waals surface area contributed by atoms with Crippen LogP contribution in [0, 0.1) is 0 Å². The highest BCUT2D eigenvalue weighted by atomic mass is 35.5. The van der Waals surface area contributed by atoms with Crippen molar-refractivity contribution < 1.29 is 23.1 Å². The van der Waals surface area contributed by atoms with E-state index in [1.807, 2.05) is 0 Å². The van der Waals surface area contributed by atoms with Gasteiger partial charge in [-0.25, -0.2) is 10.7 Å². The second-order valence-corrected chi connectivity index (χ2v) is 1.61. The molecule has 0 unspecified atom stereocenters. The SMILES string of the molecule is CCC(CC)O[NH3+].[Cl-]. The minimum Gasteiger partial charge on any atom is -1.00 e. The molecule has 0 fully saturated rings. The summed E-state index contributed by atoms with van der Waals surface area (Å²) >= 11 is 0. The van der Waals surface area contributed by atoms with Gasteiger partial charge in [-0.1, -0.05) is 13.8 Å². The average molecular weight is 140 g/mol. The van der Waals surface area contributed by atoms with Crippen LogP contribution < -0.4 is 18.3 Å². The molecule has 0 spiro atoms. The van der Waals surface area contributed by atoms with E-state index in [0.717, 1.165) is 12.8 Å². The molecule has 0 aliphatic heterocycles. The molecule has 0 saturated heterocycles. The molecule has 52 valence electrons. The Labute approximate surface area is 56.8 Å². The van der Waals surface area contributed by atoms with Crippen molar-refractivity contribution in [1.82, 2.24) is 0 Å². The summed E-state index contributed by atoms with van der Waals surface area (Å²) in [4.78, 5) is 4.80. The summed E-state index contributed by atoms with van der Waals surface area (Å²) in [5.41, 5.74) is 0. The van der Waals surface area contributed by atoms with E-state index in [4.69, 9.17) is 4.84 Å². The molecule has 0 aliphatic rings. The van der Waals surface area contributed by atoms with E-state index in [1.54, 1.807) is 0 Å². The van der Waals surface area contributed by atoms with Crippen LogP contribution in [0.25, 0.3) is 0 Å². The summed E-state index contributed by atoms with van der Waals surface area (Å²) in [7, 11) is 0. The molecule has 3 heteroatoms. The number of rotatable bonds is 3. The highest BCUT2D eigenvalue weighted by Crippen LogP contribution is 1.96. The summed E-state index contributed by atoms with van der Waals surface area (Å²) in [6.07, 6.45) is 2.51. The first-order valence-corrected chi connectivity index (χ1v) is 2.76. The quantitative estimate of drug-likeness (QED) is 0.427. The number of hydrogen-bond donors (Lipinski definition) is 1. The highest BCUT2D eigenvalue weighted by Gasteiger charge is 2.00. The van der Waals surface area contributed by atoms with Crippen LogP contribution in [0.15, 0.2) is 0 Å². The molecular weight excluding hydrogens is 126 g/mol. The van der Waals surface area contributed by atoms with E-state index in [9.17, 15) is 0 Å². The van der Waals surface area contributed by atoms with Crippen LogP contribution in [0.2, 0.25) is 0 Å². The van der Waals surface area contributed by atoms with Crippen molar-refractivity contribution in [3.63, 3.8) is 0 Å². The van der Waals surface area contributed by atoms with Crippen LogP contribution in [0.5, 0.6) is 0 Å². The van der Waals surface area contributed by atoms with Gasteiger partial charge >= 0.3 is 0 Å². The maximum absolute atomic E-state index is 4.80. The van der Waals surface area contributed by atoms with Gasteiger partial charge in [0.25, 0.3) is 0 Å². The molecule has 0 saturated carbocycles. The van der Waals surface area contributed by atoms with Crippen LogP contribution in [-0.2, 0) is 4.84 Å². The predicted octanol–water partition coefficient (Wildman–Crippen LogP) is -2.65. The topological polar surface area (TPSA) is 36.9 Å². The Balaban J connectivity index is 0. The van der Waals surface area contributed by atoms with E-state index in [-0.39, 0.29) is 12.4 Å². The zero-order chi connectivity index (χ0) is 5.70. The normalized spacial score (nSPS) is 9.00. The smallest absolute Gasteiger partial charge is 0.116 e. The lowest BCUT2D eigenvalue weighted by molar-refractivity contribution is -0.702. The molecule has 8 heavy (non-hydrogen) atoms. The van der Waals surface area contributed by atoms with Gasteiger partial charge in [0.2, 0.25) is 0 Å². The third-order valence-electron chi connectivity index (χ3n) is 1.15. The molecular formula is C5H14ClNO. The van der Waals surface area contributed by atoms with Crippen molar-refractivity contribution in [3.05, 3.63) is 0 Å². The molecule has 0 rings (SSSR count). The van der Waals surface area contributed by atoms with Gasteiger partial charge in [-0.2, -0.15) is 0 Å². The van der Waals surface area contributed by atoms with Gasteiger partial charge in [0.05, 0.1) is 0 Å². The number of hydrogen-bond acceptors (Lipinski definition) is 1. The first-order chi connectivity index (χ1) is 3.35. The lowest BCUT2D eigenvalue weighted by atomic mass is 10.2. The van der Waals surface area contributed by atoms with Crippen LogP contribution in [0.1, 0.15) is 26.7 Å². The minimum absolute atomic E-state index is 0. The van der Waals surface area contributed by atoms with Crippen molar-refractivity contribution in [2.45, 2.75) is 32.8 Å². The summed E-state index contributed by atoms with van der Waals surface area (Å²) in [5, 5.41) is 0. The fraction of sp³-hybridized carbons (Fsp3) is 1.00. The zero-order valence-electron chi connectivity index (χ0n) is 5.48. The molecule has 0 aromatic carbocycles. The van der Waals surface area contributed by atoms with E-state index in [1.165, 1.54) is 0 Å². The molecule has 0 aromatic rings. The second-order valence-electron chi connectivity index (χ2n) is 1.61. The molecule has 0 aliphatic carbocycles. The van der Waals surface area contributed by atoms with Crippen LogP contribution in [0.3, 0.4) is 0 Å². The predicted molar refractivity (Wildman–Crippen MR) is 28.3 cm³/mol.